The Bertz CT molecular complexity index is 1100. The number of methoxy groups -OCH3 is 2. The monoisotopic (exact) mass is 468 g/mol. The molecular formula is C26H28O8. The molecule has 8 heteroatoms. The van der Waals surface area contributed by atoms with Crippen LogP contribution in [0.4, 0.5) is 0 Å². The maximum Gasteiger partial charge on any atom is 0.338 e. The lowest BCUT2D eigenvalue weighted by Crippen LogP contribution is -2.32. The van der Waals surface area contributed by atoms with E-state index in [1.165, 1.54) is 0 Å². The van der Waals surface area contributed by atoms with Crippen molar-refractivity contribution >= 4 is 11.9 Å². The minimum absolute atomic E-state index is 0.106. The zero-order chi connectivity index (χ0) is 23.7. The van der Waals surface area contributed by atoms with E-state index in [1.807, 2.05) is 18.2 Å². The van der Waals surface area contributed by atoms with Gasteiger partial charge in [-0.05, 0) is 36.6 Å². The Kier molecular flexibility index (Phi) is 6.08. The summed E-state index contributed by atoms with van der Waals surface area (Å²) in [6, 6.07) is 9.15. The number of carbonyl (C=O) groups is 2. The first kappa shape index (κ1) is 22.5. The van der Waals surface area contributed by atoms with Gasteiger partial charge in [-0.15, -0.1) is 0 Å². The molecule has 2 fully saturated rings. The van der Waals surface area contributed by atoms with Crippen LogP contribution in [0.1, 0.15) is 41.6 Å². The Morgan fingerprint density at radius 2 is 1.76 bits per heavy atom. The van der Waals surface area contributed by atoms with Gasteiger partial charge in [0, 0.05) is 24.0 Å². The van der Waals surface area contributed by atoms with Gasteiger partial charge in [0.2, 0.25) is 5.75 Å². The third kappa shape index (κ3) is 4.07. The maximum atomic E-state index is 13.0. The van der Waals surface area contributed by atoms with Crippen molar-refractivity contribution in [3.05, 3.63) is 41.5 Å². The lowest BCUT2D eigenvalue weighted by Gasteiger charge is -2.25. The summed E-state index contributed by atoms with van der Waals surface area (Å²) in [4.78, 5) is 25.1. The van der Waals surface area contributed by atoms with E-state index < -0.39 is 5.41 Å². The SMILES string of the molecule is COc1ccc(-c2cccc3c2COC3=O)c(OCC2(C(=O)OC3CCOCC3)CC2)c1OC. The topological polar surface area (TPSA) is 89.5 Å². The summed E-state index contributed by atoms with van der Waals surface area (Å²) in [6.07, 6.45) is 2.75. The van der Waals surface area contributed by atoms with Gasteiger partial charge >= 0.3 is 11.9 Å². The molecule has 34 heavy (non-hydrogen) atoms. The highest BCUT2D eigenvalue weighted by atomic mass is 16.6. The molecule has 0 bridgehead atoms. The number of carbonyl (C=O) groups excluding carboxylic acids is 2. The van der Waals surface area contributed by atoms with Crippen LogP contribution in [0.3, 0.4) is 0 Å². The molecule has 0 atom stereocenters. The fourth-order valence-electron chi connectivity index (χ4n) is 4.49. The molecule has 8 nitrogen and oxygen atoms in total. The van der Waals surface area contributed by atoms with Crippen LogP contribution in [0.5, 0.6) is 17.2 Å². The van der Waals surface area contributed by atoms with Crippen LogP contribution in [-0.4, -0.2) is 52.1 Å². The van der Waals surface area contributed by atoms with Crippen LogP contribution in [0.15, 0.2) is 30.3 Å². The number of rotatable bonds is 8. The highest BCUT2D eigenvalue weighted by molar-refractivity contribution is 5.96. The second-order valence-corrected chi connectivity index (χ2v) is 8.87. The van der Waals surface area contributed by atoms with Gasteiger partial charge in [-0.1, -0.05) is 12.1 Å². The first-order valence-electron chi connectivity index (χ1n) is 11.5. The number of benzene rings is 2. The van der Waals surface area contributed by atoms with Crippen LogP contribution in [-0.2, 0) is 25.6 Å². The average molecular weight is 469 g/mol. The third-order valence-corrected chi connectivity index (χ3v) is 6.76. The van der Waals surface area contributed by atoms with Gasteiger partial charge in [0.05, 0.1) is 33.0 Å². The Hall–Kier alpha value is -3.26. The quantitative estimate of drug-likeness (QED) is 0.539. The lowest BCUT2D eigenvalue weighted by atomic mass is 9.95. The van der Waals surface area contributed by atoms with E-state index in [0.29, 0.717) is 48.9 Å². The van der Waals surface area contributed by atoms with Crippen molar-refractivity contribution in [1.82, 2.24) is 0 Å². The van der Waals surface area contributed by atoms with Crippen molar-refractivity contribution < 1.29 is 38.0 Å². The summed E-state index contributed by atoms with van der Waals surface area (Å²) in [5.74, 6) is 0.835. The Labute approximate surface area is 198 Å². The number of fused-ring (bicyclic) bond motifs is 1. The highest BCUT2D eigenvalue weighted by Crippen LogP contribution is 2.51. The number of esters is 2. The molecule has 0 spiro atoms. The molecular weight excluding hydrogens is 440 g/mol. The van der Waals surface area contributed by atoms with Gasteiger partial charge in [0.15, 0.2) is 11.5 Å². The minimum Gasteiger partial charge on any atom is -0.493 e. The third-order valence-electron chi connectivity index (χ3n) is 6.76. The van der Waals surface area contributed by atoms with E-state index in [9.17, 15) is 9.59 Å². The van der Waals surface area contributed by atoms with E-state index in [-0.39, 0.29) is 31.3 Å². The van der Waals surface area contributed by atoms with E-state index in [4.69, 9.17) is 28.4 Å². The van der Waals surface area contributed by atoms with Crippen molar-refractivity contribution in [2.75, 3.05) is 34.0 Å². The van der Waals surface area contributed by atoms with Crippen molar-refractivity contribution in [2.24, 2.45) is 5.41 Å². The van der Waals surface area contributed by atoms with Crippen molar-refractivity contribution in [3.8, 4) is 28.4 Å². The first-order chi connectivity index (χ1) is 16.6. The molecule has 1 saturated heterocycles. The molecule has 0 N–H and O–H groups in total. The van der Waals surface area contributed by atoms with Crippen LogP contribution in [0, 0.1) is 5.41 Å². The van der Waals surface area contributed by atoms with E-state index in [0.717, 1.165) is 29.5 Å². The zero-order valence-corrected chi connectivity index (χ0v) is 19.4. The van der Waals surface area contributed by atoms with Gasteiger partial charge in [0.25, 0.3) is 0 Å². The summed E-state index contributed by atoms with van der Waals surface area (Å²) in [5, 5.41) is 0. The van der Waals surface area contributed by atoms with Crippen LogP contribution >= 0.6 is 0 Å². The average Bonchev–Trinajstić information content (AvgIpc) is 3.58. The fraction of sp³-hybridized carbons (Fsp3) is 0.462. The second-order valence-electron chi connectivity index (χ2n) is 8.87. The summed E-state index contributed by atoms with van der Waals surface area (Å²) in [7, 11) is 3.10. The number of cyclic esters (lactones) is 1. The highest BCUT2D eigenvalue weighted by Gasteiger charge is 2.53. The number of hydrogen-bond acceptors (Lipinski definition) is 8. The molecule has 180 valence electrons. The first-order valence-corrected chi connectivity index (χ1v) is 11.5. The van der Waals surface area contributed by atoms with Gasteiger partial charge in [-0.3, -0.25) is 4.79 Å². The van der Waals surface area contributed by atoms with Gasteiger partial charge in [-0.2, -0.15) is 0 Å². The lowest BCUT2D eigenvalue weighted by molar-refractivity contribution is -0.161. The van der Waals surface area contributed by atoms with E-state index >= 15 is 0 Å². The van der Waals surface area contributed by atoms with Crippen molar-refractivity contribution in [3.63, 3.8) is 0 Å². The molecule has 0 amide bonds. The van der Waals surface area contributed by atoms with Gasteiger partial charge in [-0.25, -0.2) is 4.79 Å². The molecule has 0 aromatic heterocycles. The summed E-state index contributed by atoms with van der Waals surface area (Å²) < 4.78 is 33.9. The predicted molar refractivity (Wildman–Crippen MR) is 121 cm³/mol. The molecule has 3 aliphatic rings. The normalized spacial score (nSPS) is 18.6. The second kappa shape index (κ2) is 9.18. The standard InChI is InChI=1S/C26H28O8/c1-29-21-7-6-18(17-4-3-5-19-20(17)14-32-24(19)27)22(23(21)30-2)33-15-26(10-11-26)25(28)34-16-8-12-31-13-9-16/h3-7,16H,8-15H2,1-2H3. The van der Waals surface area contributed by atoms with Crippen LogP contribution < -0.4 is 14.2 Å². The molecule has 1 aliphatic carbocycles. The summed E-state index contributed by atoms with van der Waals surface area (Å²) >= 11 is 0. The maximum absolute atomic E-state index is 13.0. The largest absolute Gasteiger partial charge is 0.493 e. The van der Waals surface area contributed by atoms with E-state index in [2.05, 4.69) is 0 Å². The van der Waals surface area contributed by atoms with Crippen molar-refractivity contribution in [1.29, 1.82) is 0 Å². The molecule has 2 aromatic rings. The van der Waals surface area contributed by atoms with Gasteiger partial charge in [0.1, 0.15) is 24.7 Å². The van der Waals surface area contributed by atoms with Gasteiger partial charge < -0.3 is 28.4 Å². The molecule has 1 saturated carbocycles. The Morgan fingerprint density at radius 3 is 2.47 bits per heavy atom. The molecule has 2 aromatic carbocycles. The zero-order valence-electron chi connectivity index (χ0n) is 19.4. The molecule has 2 aliphatic heterocycles. The summed E-state index contributed by atoms with van der Waals surface area (Å²) in [6.45, 7) is 1.58. The fourth-order valence-corrected chi connectivity index (χ4v) is 4.49. The Balaban J connectivity index is 1.44. The summed E-state index contributed by atoms with van der Waals surface area (Å²) in [5.41, 5.74) is 2.22. The molecule has 0 radical (unpaired) electrons. The van der Waals surface area contributed by atoms with Crippen molar-refractivity contribution in [2.45, 2.75) is 38.4 Å². The van der Waals surface area contributed by atoms with E-state index in [1.54, 1.807) is 26.4 Å². The molecule has 2 heterocycles. The minimum atomic E-state index is -0.665. The number of ether oxygens (including phenoxy) is 6. The number of hydrogen-bond donors (Lipinski definition) is 0. The molecule has 0 unspecified atom stereocenters. The Morgan fingerprint density at radius 1 is 1.00 bits per heavy atom. The predicted octanol–water partition coefficient (Wildman–Crippen LogP) is 3.92. The molecule has 5 rings (SSSR count). The van der Waals surface area contributed by atoms with Crippen LogP contribution in [0.25, 0.3) is 11.1 Å². The van der Waals surface area contributed by atoms with Crippen LogP contribution in [0.2, 0.25) is 0 Å². The smallest absolute Gasteiger partial charge is 0.338 e.